The quantitative estimate of drug-likeness (QED) is 0.0441. The lowest BCUT2D eigenvalue weighted by Gasteiger charge is -2.44. The van der Waals surface area contributed by atoms with E-state index in [0.29, 0.717) is 5.22 Å². The first kappa shape index (κ1) is 45.3. The lowest BCUT2D eigenvalue weighted by molar-refractivity contribution is -0.707. The molecule has 1 heterocycles. The highest BCUT2D eigenvalue weighted by molar-refractivity contribution is 7.79. The van der Waals surface area contributed by atoms with Crippen LogP contribution < -0.4 is 26.4 Å². The summed E-state index contributed by atoms with van der Waals surface area (Å²) in [7, 11) is 0. The Balaban J connectivity index is 0.000000311. The molecule has 0 saturated heterocycles. The average molecular weight is 921 g/mol. The summed E-state index contributed by atoms with van der Waals surface area (Å²) in [6.45, 7) is 0.774. The molecule has 0 amide bonds. The summed E-state index contributed by atoms with van der Waals surface area (Å²) < 4.78 is 302. The fourth-order valence-corrected chi connectivity index (χ4v) is 7.09. The Morgan fingerprint density at radius 2 is 0.613 bits per heavy atom. The minimum atomic E-state index is -7.22. The first-order valence-corrected chi connectivity index (χ1v) is 16.9. The number of oxazole rings is 1. The van der Waals surface area contributed by atoms with Crippen molar-refractivity contribution >= 4 is 51.7 Å². The van der Waals surface area contributed by atoms with Gasteiger partial charge in [-0.05, 0) is 18.7 Å². The van der Waals surface area contributed by atoms with Gasteiger partial charge >= 0.3 is 5.22 Å². The molecule has 0 fully saturated rings. The van der Waals surface area contributed by atoms with Crippen LogP contribution in [0.2, 0.25) is 0 Å². The zero-order valence-electron chi connectivity index (χ0n) is 29.3. The molecule has 62 heavy (non-hydrogen) atoms. The molecule has 0 aliphatic rings. The van der Waals surface area contributed by atoms with Gasteiger partial charge in [0.2, 0.25) is 5.58 Å². The van der Waals surface area contributed by atoms with Crippen LogP contribution >= 0.6 is 12.6 Å². The second-order valence-corrected chi connectivity index (χ2v) is 13.1. The van der Waals surface area contributed by atoms with Crippen molar-refractivity contribution in [2.75, 3.05) is 0 Å². The van der Waals surface area contributed by atoms with Crippen LogP contribution in [0.4, 0.5) is 87.8 Å². The van der Waals surface area contributed by atoms with Crippen LogP contribution in [0.15, 0.2) is 64.2 Å². The molecule has 24 heteroatoms. The molecule has 1 aromatic heterocycles. The summed E-state index contributed by atoms with van der Waals surface area (Å²) in [6.07, 6.45) is -7.22. The lowest BCUT2D eigenvalue weighted by Crippen LogP contribution is -2.81. The van der Waals surface area contributed by atoms with E-state index in [1.165, 1.54) is 5.56 Å². The number of benzene rings is 6. The van der Waals surface area contributed by atoms with E-state index in [1.54, 1.807) is 0 Å². The Morgan fingerprint density at radius 1 is 0.355 bits per heavy atom. The highest BCUT2D eigenvalue weighted by atomic mass is 32.1. The summed E-state index contributed by atoms with van der Waals surface area (Å²) in [5.74, 6) is -71.4. The summed E-state index contributed by atoms with van der Waals surface area (Å²) >= 11 is 4.38. The van der Waals surface area contributed by atoms with Crippen LogP contribution in [-0.2, 0) is 6.54 Å². The van der Waals surface area contributed by atoms with Gasteiger partial charge in [-0.15, -0.1) is 26.4 Å². The molecule has 2 nitrogen and oxygen atoms in total. The van der Waals surface area contributed by atoms with E-state index in [0.717, 1.165) is 17.6 Å². The molecule has 0 bridgehead atoms. The van der Waals surface area contributed by atoms with Gasteiger partial charge in [0.25, 0.3) is 5.52 Å². The number of thiol groups is 1. The maximum Gasteiger partial charge on any atom is 0.409 e. The molecule has 0 aliphatic carbocycles. The first-order valence-electron chi connectivity index (χ1n) is 16.4. The van der Waals surface area contributed by atoms with Gasteiger partial charge in [-0.2, -0.15) is 0 Å². The molecular formula is C38H12BF20NOS. The fraction of sp³-hybridized carbons (Fsp3) is 0.0263. The second-order valence-electron chi connectivity index (χ2n) is 12.7. The number of rotatable bonds is 6. The van der Waals surface area contributed by atoms with Crippen molar-refractivity contribution < 1.29 is 96.8 Å². The highest BCUT2D eigenvalue weighted by Crippen LogP contribution is 2.31. The topological polar surface area (TPSA) is 17.0 Å². The summed E-state index contributed by atoms with van der Waals surface area (Å²) in [5, 5.41) is 0.634. The molecule has 7 rings (SSSR count). The van der Waals surface area contributed by atoms with E-state index in [9.17, 15) is 52.7 Å². The van der Waals surface area contributed by atoms with Crippen LogP contribution in [0.1, 0.15) is 5.56 Å². The second kappa shape index (κ2) is 16.6. The first-order chi connectivity index (χ1) is 29.0. The molecule has 324 valence electrons. The van der Waals surface area contributed by atoms with Crippen molar-refractivity contribution in [1.82, 2.24) is 0 Å². The molecule has 0 spiro atoms. The Labute approximate surface area is 336 Å². The molecule has 0 aliphatic heterocycles. The van der Waals surface area contributed by atoms with Gasteiger partial charge in [0.15, 0.2) is 76.4 Å². The van der Waals surface area contributed by atoms with Gasteiger partial charge in [-0.1, -0.05) is 42.5 Å². The molecule has 0 atom stereocenters. The van der Waals surface area contributed by atoms with Gasteiger partial charge in [0, 0.05) is 11.6 Å². The van der Waals surface area contributed by atoms with E-state index < -0.39 is 144 Å². The van der Waals surface area contributed by atoms with Gasteiger partial charge in [-0.25, -0.2) is 87.8 Å². The maximum absolute atomic E-state index is 15.4. The highest BCUT2D eigenvalue weighted by Gasteiger charge is 2.52. The van der Waals surface area contributed by atoms with Crippen LogP contribution in [0, 0.1) is 116 Å². The van der Waals surface area contributed by atoms with Crippen LogP contribution in [0.5, 0.6) is 0 Å². The van der Waals surface area contributed by atoms with Crippen LogP contribution in [0.3, 0.4) is 0 Å². The number of hydrogen-bond donors (Lipinski definition) is 1. The Bertz CT molecular complexity index is 2580. The third-order valence-electron chi connectivity index (χ3n) is 9.48. The monoisotopic (exact) mass is 921 g/mol. The van der Waals surface area contributed by atoms with Crippen molar-refractivity contribution in [3.8, 4) is 0 Å². The molecule has 0 radical (unpaired) electrons. The number of para-hydroxylation sites is 2. The van der Waals surface area contributed by atoms with Crippen molar-refractivity contribution in [2.45, 2.75) is 11.8 Å². The maximum atomic E-state index is 15.4. The van der Waals surface area contributed by atoms with Crippen molar-refractivity contribution in [3.63, 3.8) is 0 Å². The van der Waals surface area contributed by atoms with Crippen molar-refractivity contribution in [3.05, 3.63) is 177 Å². The van der Waals surface area contributed by atoms with Gasteiger partial charge < -0.3 is 4.42 Å². The fourth-order valence-electron chi connectivity index (χ4n) is 6.82. The molecule has 0 unspecified atom stereocenters. The summed E-state index contributed by atoms with van der Waals surface area (Å²) in [5.41, 5.74) is -11.2. The van der Waals surface area contributed by atoms with Gasteiger partial charge in [0.05, 0.1) is 0 Å². The van der Waals surface area contributed by atoms with Crippen LogP contribution in [-0.4, -0.2) is 6.15 Å². The predicted octanol–water partition coefficient (Wildman–Crippen LogP) is 8.90. The number of nitrogens with zero attached hydrogens (tertiary/aromatic N) is 1. The van der Waals surface area contributed by atoms with Gasteiger partial charge in [-0.3, -0.25) is 0 Å². The van der Waals surface area contributed by atoms with E-state index in [4.69, 9.17) is 4.42 Å². The molecule has 0 N–H and O–H groups in total. The van der Waals surface area contributed by atoms with Crippen molar-refractivity contribution in [1.29, 1.82) is 0 Å². The SMILES string of the molecule is Fc1c(F)c(F)c([B-](c2c(F)c(F)c(F)c(F)c2F)(c2c(F)c(F)c(F)c(F)c2F)c2c(F)c(F)c(F)c(F)c2F)c(F)c1F.Sc1oc2ccccc2[n+]1Cc1ccccc1. The Hall–Kier alpha value is -6.20. The number of hydrogen-bond acceptors (Lipinski definition) is 2. The van der Waals surface area contributed by atoms with E-state index in [1.807, 2.05) is 42.5 Å². The molecular weight excluding hydrogens is 909 g/mol. The van der Waals surface area contributed by atoms with E-state index in [-0.39, 0.29) is 0 Å². The smallest absolute Gasteiger partial charge is 0.393 e. The molecule has 6 aromatic carbocycles. The number of aromatic nitrogens is 1. The zero-order chi connectivity index (χ0) is 46.0. The third kappa shape index (κ3) is 6.78. The van der Waals surface area contributed by atoms with E-state index >= 15 is 35.1 Å². The minimum absolute atomic E-state index is 0.634. The van der Waals surface area contributed by atoms with Crippen molar-refractivity contribution in [2.24, 2.45) is 0 Å². The number of fused-ring (bicyclic) bond motifs is 1. The Morgan fingerprint density at radius 3 is 0.919 bits per heavy atom. The molecule has 0 saturated carbocycles. The standard InChI is InChI=1S/C24BF20.C14H11NOS/c26-5-1(6(27)14(35)21(42)13(5)34)25(2-7(28)15(36)22(43)16(37)8(2)29,3-9(30)17(38)23(44)18(39)10(3)31)4-11(32)19(40)24(45)20(41)12(4)33;17-14-15(10-11-6-2-1-3-7-11)12-8-4-5-9-13(12)16-14/h;1-9H,10H2/q-1;/p+1. The summed E-state index contributed by atoms with van der Waals surface area (Å²) in [6, 6.07) is 18.3. The molecule has 7 aromatic rings. The Kier molecular flexibility index (Phi) is 12.1. The minimum Gasteiger partial charge on any atom is -0.393 e. The summed E-state index contributed by atoms with van der Waals surface area (Å²) in [4.78, 5) is 0. The predicted molar refractivity (Wildman–Crippen MR) is 178 cm³/mol. The number of halogens is 20. The van der Waals surface area contributed by atoms with Crippen LogP contribution in [0.25, 0.3) is 11.1 Å². The third-order valence-corrected chi connectivity index (χ3v) is 9.81. The van der Waals surface area contributed by atoms with E-state index in [2.05, 4.69) is 29.3 Å². The van der Waals surface area contributed by atoms with Gasteiger partial charge in [0.1, 0.15) is 52.7 Å². The lowest BCUT2D eigenvalue weighted by atomic mass is 9.12. The largest absolute Gasteiger partial charge is 0.409 e. The zero-order valence-corrected chi connectivity index (χ0v) is 30.2. The normalized spacial score (nSPS) is 11.7. The average Bonchev–Trinajstić information content (AvgIpc) is 3.57.